The standard InChI is InChI=1S/C15H24ClN/c1-11(15(3,4)5)10-17-12(2)13-6-8-14(16)9-7-13/h6-9,11-12,17H,10H2,1-5H3. The van der Waals surface area contributed by atoms with Crippen LogP contribution in [0, 0.1) is 11.3 Å². The lowest BCUT2D eigenvalue weighted by Gasteiger charge is -2.29. The van der Waals surface area contributed by atoms with Gasteiger partial charge in [-0.1, -0.05) is 51.4 Å². The largest absolute Gasteiger partial charge is 0.310 e. The molecule has 1 N–H and O–H groups in total. The Morgan fingerprint density at radius 3 is 2.12 bits per heavy atom. The molecule has 0 heterocycles. The van der Waals surface area contributed by atoms with Crippen molar-refractivity contribution >= 4 is 11.6 Å². The van der Waals surface area contributed by atoms with Crippen LogP contribution in [-0.4, -0.2) is 6.54 Å². The van der Waals surface area contributed by atoms with E-state index in [2.05, 4.69) is 52.1 Å². The molecule has 2 unspecified atom stereocenters. The summed E-state index contributed by atoms with van der Waals surface area (Å²) in [5.41, 5.74) is 1.64. The molecule has 0 saturated heterocycles. The second kappa shape index (κ2) is 5.88. The molecular weight excluding hydrogens is 230 g/mol. The van der Waals surface area contributed by atoms with Crippen molar-refractivity contribution in [3.63, 3.8) is 0 Å². The molecule has 0 aromatic heterocycles. The molecule has 1 aromatic carbocycles. The summed E-state index contributed by atoms with van der Waals surface area (Å²) in [4.78, 5) is 0. The highest BCUT2D eigenvalue weighted by atomic mass is 35.5. The Morgan fingerprint density at radius 2 is 1.65 bits per heavy atom. The number of hydrogen-bond acceptors (Lipinski definition) is 1. The van der Waals surface area contributed by atoms with Crippen molar-refractivity contribution in [1.82, 2.24) is 5.32 Å². The fourth-order valence-corrected chi connectivity index (χ4v) is 1.66. The molecule has 0 aliphatic rings. The Hall–Kier alpha value is -0.530. The van der Waals surface area contributed by atoms with E-state index in [1.807, 2.05) is 12.1 Å². The van der Waals surface area contributed by atoms with Gasteiger partial charge in [0.15, 0.2) is 0 Å². The first-order valence-corrected chi connectivity index (χ1v) is 6.67. The van der Waals surface area contributed by atoms with Crippen LogP contribution in [0.3, 0.4) is 0 Å². The van der Waals surface area contributed by atoms with Gasteiger partial charge in [-0.3, -0.25) is 0 Å². The van der Waals surface area contributed by atoms with Gasteiger partial charge < -0.3 is 5.32 Å². The molecule has 0 aliphatic heterocycles. The maximum absolute atomic E-state index is 5.88. The Bertz CT molecular complexity index is 337. The third kappa shape index (κ3) is 4.69. The molecule has 0 fully saturated rings. The molecule has 1 rings (SSSR count). The molecule has 0 bridgehead atoms. The third-order valence-corrected chi connectivity index (χ3v) is 3.83. The molecule has 0 radical (unpaired) electrons. The smallest absolute Gasteiger partial charge is 0.0406 e. The van der Waals surface area contributed by atoms with Crippen molar-refractivity contribution in [2.75, 3.05) is 6.54 Å². The molecule has 1 nitrogen and oxygen atoms in total. The van der Waals surface area contributed by atoms with Crippen LogP contribution in [0.25, 0.3) is 0 Å². The summed E-state index contributed by atoms with van der Waals surface area (Å²) in [5.74, 6) is 0.650. The zero-order chi connectivity index (χ0) is 13.1. The highest BCUT2D eigenvalue weighted by Crippen LogP contribution is 2.25. The van der Waals surface area contributed by atoms with Gasteiger partial charge in [-0.15, -0.1) is 0 Å². The summed E-state index contributed by atoms with van der Waals surface area (Å²) in [5, 5.41) is 4.38. The van der Waals surface area contributed by atoms with Crippen molar-refractivity contribution in [2.24, 2.45) is 11.3 Å². The maximum atomic E-state index is 5.88. The number of halogens is 1. The van der Waals surface area contributed by atoms with Crippen LogP contribution in [0.1, 0.15) is 46.2 Å². The first kappa shape index (κ1) is 14.5. The quantitative estimate of drug-likeness (QED) is 0.822. The summed E-state index contributed by atoms with van der Waals surface area (Å²) in [6.45, 7) is 12.4. The minimum atomic E-state index is 0.354. The van der Waals surface area contributed by atoms with Gasteiger partial charge in [-0.05, 0) is 42.5 Å². The van der Waals surface area contributed by atoms with Crippen molar-refractivity contribution in [1.29, 1.82) is 0 Å². The van der Waals surface area contributed by atoms with E-state index in [4.69, 9.17) is 11.6 Å². The predicted octanol–water partition coefficient (Wildman–Crippen LogP) is 4.67. The average molecular weight is 254 g/mol. The third-order valence-electron chi connectivity index (χ3n) is 3.58. The molecule has 0 spiro atoms. The van der Waals surface area contributed by atoms with E-state index < -0.39 is 0 Å². The second-order valence-electron chi connectivity index (χ2n) is 5.95. The molecular formula is C15H24ClN. The second-order valence-corrected chi connectivity index (χ2v) is 6.38. The highest BCUT2D eigenvalue weighted by Gasteiger charge is 2.20. The monoisotopic (exact) mass is 253 g/mol. The van der Waals surface area contributed by atoms with Crippen molar-refractivity contribution in [3.05, 3.63) is 34.9 Å². The number of rotatable bonds is 4. The normalized spacial score (nSPS) is 15.6. The van der Waals surface area contributed by atoms with Crippen LogP contribution in [0.4, 0.5) is 0 Å². The molecule has 96 valence electrons. The molecule has 0 aliphatic carbocycles. The molecule has 2 atom stereocenters. The Labute approximate surface area is 111 Å². The molecule has 2 heteroatoms. The first-order valence-electron chi connectivity index (χ1n) is 6.29. The van der Waals surface area contributed by atoms with Crippen LogP contribution in [0.2, 0.25) is 5.02 Å². The molecule has 0 saturated carbocycles. The van der Waals surface area contributed by atoms with E-state index in [0.29, 0.717) is 17.4 Å². The SMILES string of the molecule is CC(NCC(C)C(C)(C)C)c1ccc(Cl)cc1. The van der Waals surface area contributed by atoms with Gasteiger partial charge in [0.1, 0.15) is 0 Å². The zero-order valence-electron chi connectivity index (χ0n) is 11.5. The van der Waals surface area contributed by atoms with Crippen LogP contribution in [0.15, 0.2) is 24.3 Å². The van der Waals surface area contributed by atoms with Crippen LogP contribution in [0.5, 0.6) is 0 Å². The maximum Gasteiger partial charge on any atom is 0.0406 e. The first-order chi connectivity index (χ1) is 7.80. The van der Waals surface area contributed by atoms with Crippen LogP contribution >= 0.6 is 11.6 Å². The predicted molar refractivity (Wildman–Crippen MR) is 76.5 cm³/mol. The van der Waals surface area contributed by atoms with Gasteiger partial charge in [0.25, 0.3) is 0 Å². The average Bonchev–Trinajstić information content (AvgIpc) is 2.25. The van der Waals surface area contributed by atoms with Crippen LogP contribution < -0.4 is 5.32 Å². The lowest BCUT2D eigenvalue weighted by Crippen LogP contribution is -2.31. The Kier molecular flexibility index (Phi) is 5.03. The molecule has 17 heavy (non-hydrogen) atoms. The number of nitrogens with one attached hydrogen (secondary N) is 1. The molecule has 1 aromatic rings. The van der Waals surface area contributed by atoms with Gasteiger partial charge in [-0.25, -0.2) is 0 Å². The summed E-state index contributed by atoms with van der Waals surface area (Å²) < 4.78 is 0. The van der Waals surface area contributed by atoms with E-state index in [-0.39, 0.29) is 0 Å². The zero-order valence-corrected chi connectivity index (χ0v) is 12.3. The highest BCUT2D eigenvalue weighted by molar-refractivity contribution is 6.30. The van der Waals surface area contributed by atoms with Gasteiger partial charge in [0, 0.05) is 11.1 Å². The summed E-state index contributed by atoms with van der Waals surface area (Å²) in [7, 11) is 0. The Morgan fingerprint density at radius 1 is 1.12 bits per heavy atom. The van der Waals surface area contributed by atoms with Gasteiger partial charge in [0.2, 0.25) is 0 Å². The van der Waals surface area contributed by atoms with E-state index in [1.54, 1.807) is 0 Å². The molecule has 0 amide bonds. The summed E-state index contributed by atoms with van der Waals surface area (Å²) in [6.07, 6.45) is 0. The van der Waals surface area contributed by atoms with E-state index >= 15 is 0 Å². The lowest BCUT2D eigenvalue weighted by atomic mass is 9.82. The van der Waals surface area contributed by atoms with Gasteiger partial charge in [0.05, 0.1) is 0 Å². The fraction of sp³-hybridized carbons (Fsp3) is 0.600. The van der Waals surface area contributed by atoms with E-state index in [9.17, 15) is 0 Å². The van der Waals surface area contributed by atoms with Crippen LogP contribution in [-0.2, 0) is 0 Å². The van der Waals surface area contributed by atoms with E-state index in [0.717, 1.165) is 11.6 Å². The topological polar surface area (TPSA) is 12.0 Å². The van der Waals surface area contributed by atoms with Gasteiger partial charge in [-0.2, -0.15) is 0 Å². The minimum Gasteiger partial charge on any atom is -0.310 e. The van der Waals surface area contributed by atoms with Crippen molar-refractivity contribution in [2.45, 2.75) is 40.7 Å². The van der Waals surface area contributed by atoms with E-state index in [1.165, 1.54) is 5.56 Å². The fourth-order valence-electron chi connectivity index (χ4n) is 1.53. The summed E-state index contributed by atoms with van der Waals surface area (Å²) >= 11 is 5.88. The summed E-state index contributed by atoms with van der Waals surface area (Å²) in [6, 6.07) is 8.44. The Balaban J connectivity index is 2.50. The van der Waals surface area contributed by atoms with Gasteiger partial charge >= 0.3 is 0 Å². The van der Waals surface area contributed by atoms with Crippen molar-refractivity contribution in [3.8, 4) is 0 Å². The number of hydrogen-bond donors (Lipinski definition) is 1. The van der Waals surface area contributed by atoms with Crippen molar-refractivity contribution < 1.29 is 0 Å². The lowest BCUT2D eigenvalue weighted by molar-refractivity contribution is 0.247. The minimum absolute atomic E-state index is 0.354. The number of benzene rings is 1.